The van der Waals surface area contributed by atoms with Crippen LogP contribution in [-0.2, 0) is 11.2 Å². The Hall–Kier alpha value is -3.42. The van der Waals surface area contributed by atoms with E-state index < -0.39 is 0 Å². The number of anilines is 1. The second-order valence-electron chi connectivity index (χ2n) is 6.41. The maximum atomic E-state index is 12.3. The van der Waals surface area contributed by atoms with Crippen LogP contribution in [0.2, 0.25) is 0 Å². The topological polar surface area (TPSA) is 97.9 Å². The molecule has 0 saturated carbocycles. The van der Waals surface area contributed by atoms with Crippen LogP contribution in [0.25, 0.3) is 0 Å². The Bertz CT molecular complexity index is 870. The lowest BCUT2D eigenvalue weighted by Crippen LogP contribution is -2.32. The molecule has 2 rings (SSSR count). The molecule has 162 valence electrons. The highest BCUT2D eigenvalue weighted by atomic mass is 16.5. The van der Waals surface area contributed by atoms with Gasteiger partial charge in [-0.3, -0.25) is 9.59 Å². The molecule has 0 saturated heterocycles. The van der Waals surface area contributed by atoms with Crippen LogP contribution in [0.1, 0.15) is 22.8 Å². The van der Waals surface area contributed by atoms with Gasteiger partial charge in [-0.15, -0.1) is 0 Å². The summed E-state index contributed by atoms with van der Waals surface area (Å²) in [4.78, 5) is 24.5. The second kappa shape index (κ2) is 11.5. The molecule has 0 heterocycles. The van der Waals surface area contributed by atoms with E-state index in [9.17, 15) is 9.59 Å². The molecule has 2 amide bonds. The summed E-state index contributed by atoms with van der Waals surface area (Å²) in [5, 5.41) is 8.64. The van der Waals surface area contributed by atoms with Crippen molar-refractivity contribution in [3.63, 3.8) is 0 Å². The van der Waals surface area contributed by atoms with Gasteiger partial charge < -0.3 is 30.2 Å². The average Bonchev–Trinajstić information content (AvgIpc) is 2.77. The molecule has 0 aliphatic rings. The summed E-state index contributed by atoms with van der Waals surface area (Å²) in [6.07, 6.45) is 0.652. The highest BCUT2D eigenvalue weighted by Gasteiger charge is 2.13. The smallest absolute Gasteiger partial charge is 0.253 e. The van der Waals surface area contributed by atoms with E-state index in [4.69, 9.17) is 14.2 Å². The maximum Gasteiger partial charge on any atom is 0.253 e. The van der Waals surface area contributed by atoms with E-state index in [0.29, 0.717) is 48.0 Å². The molecule has 0 spiro atoms. The van der Waals surface area contributed by atoms with Crippen molar-refractivity contribution in [1.82, 2.24) is 10.6 Å². The molecule has 0 atom stereocenters. The highest BCUT2D eigenvalue weighted by Crippen LogP contribution is 2.27. The van der Waals surface area contributed by atoms with Crippen molar-refractivity contribution in [3.05, 3.63) is 47.5 Å². The number of amides is 2. The molecule has 0 aliphatic heterocycles. The van der Waals surface area contributed by atoms with Crippen molar-refractivity contribution in [2.75, 3.05) is 46.3 Å². The van der Waals surface area contributed by atoms with Crippen LogP contribution in [0, 0.1) is 0 Å². The molecule has 0 aliphatic carbocycles. The number of hydrogen-bond acceptors (Lipinski definition) is 6. The third-order valence-corrected chi connectivity index (χ3v) is 4.43. The molecule has 0 unspecified atom stereocenters. The van der Waals surface area contributed by atoms with Crippen molar-refractivity contribution in [2.45, 2.75) is 13.3 Å². The first-order valence-electron chi connectivity index (χ1n) is 9.70. The molecule has 0 fully saturated rings. The van der Waals surface area contributed by atoms with E-state index in [1.165, 1.54) is 7.11 Å². The number of nitrogens with one attached hydrogen (secondary N) is 3. The predicted octanol–water partition coefficient (Wildman–Crippen LogP) is 2.23. The molecule has 0 bridgehead atoms. The molecule has 0 radical (unpaired) electrons. The van der Waals surface area contributed by atoms with Gasteiger partial charge in [-0.1, -0.05) is 6.07 Å². The third-order valence-electron chi connectivity index (χ3n) is 4.43. The average molecular weight is 415 g/mol. The van der Waals surface area contributed by atoms with E-state index in [1.807, 2.05) is 25.1 Å². The number of hydrogen-bond donors (Lipinski definition) is 3. The van der Waals surface area contributed by atoms with Gasteiger partial charge in [-0.25, -0.2) is 0 Å². The Labute approximate surface area is 176 Å². The summed E-state index contributed by atoms with van der Waals surface area (Å²) in [6.45, 7) is 2.87. The molecule has 8 heteroatoms. The summed E-state index contributed by atoms with van der Waals surface area (Å²) in [5.74, 6) is 1.49. The zero-order valence-electron chi connectivity index (χ0n) is 17.8. The van der Waals surface area contributed by atoms with Gasteiger partial charge >= 0.3 is 0 Å². The van der Waals surface area contributed by atoms with Gasteiger partial charge in [0.05, 0.1) is 33.4 Å². The molecule has 8 nitrogen and oxygen atoms in total. The minimum Gasteiger partial charge on any atom is -0.497 e. The van der Waals surface area contributed by atoms with Crippen LogP contribution in [0.5, 0.6) is 17.2 Å². The van der Waals surface area contributed by atoms with Gasteiger partial charge in [0.15, 0.2) is 11.5 Å². The fourth-order valence-electron chi connectivity index (χ4n) is 2.87. The minimum absolute atomic E-state index is 0.0463. The first-order chi connectivity index (χ1) is 14.5. The fourth-order valence-corrected chi connectivity index (χ4v) is 2.87. The zero-order chi connectivity index (χ0) is 21.9. The lowest BCUT2D eigenvalue weighted by molar-refractivity contribution is -0.119. The fraction of sp³-hybridized carbons (Fsp3) is 0.364. The summed E-state index contributed by atoms with van der Waals surface area (Å²) in [6, 6.07) is 10.8. The van der Waals surface area contributed by atoms with Gasteiger partial charge in [0.25, 0.3) is 5.91 Å². The number of methoxy groups -OCH3 is 3. The Kier molecular flexibility index (Phi) is 8.80. The summed E-state index contributed by atoms with van der Waals surface area (Å²) in [5.41, 5.74) is 2.01. The summed E-state index contributed by atoms with van der Waals surface area (Å²) in [7, 11) is 4.71. The third kappa shape index (κ3) is 6.30. The van der Waals surface area contributed by atoms with Gasteiger partial charge in [0, 0.05) is 18.8 Å². The zero-order valence-corrected chi connectivity index (χ0v) is 17.8. The SMILES string of the molecule is CCNC(=O)c1cc(OC)ccc1NCC(=O)NCCc1ccc(OC)c(OC)c1. The van der Waals surface area contributed by atoms with Crippen molar-refractivity contribution in [3.8, 4) is 17.2 Å². The number of carbonyl (C=O) groups excluding carboxylic acids is 2. The van der Waals surface area contributed by atoms with E-state index in [-0.39, 0.29) is 18.4 Å². The summed E-state index contributed by atoms with van der Waals surface area (Å²) < 4.78 is 15.7. The van der Waals surface area contributed by atoms with Crippen molar-refractivity contribution in [1.29, 1.82) is 0 Å². The van der Waals surface area contributed by atoms with Crippen LogP contribution in [0.4, 0.5) is 5.69 Å². The Morgan fingerprint density at radius 1 is 0.900 bits per heavy atom. The molecule has 2 aromatic carbocycles. The van der Waals surface area contributed by atoms with E-state index >= 15 is 0 Å². The Morgan fingerprint density at radius 3 is 2.33 bits per heavy atom. The van der Waals surface area contributed by atoms with E-state index in [0.717, 1.165) is 5.56 Å². The lowest BCUT2D eigenvalue weighted by atomic mass is 10.1. The monoisotopic (exact) mass is 415 g/mol. The lowest BCUT2D eigenvalue weighted by Gasteiger charge is -2.13. The maximum absolute atomic E-state index is 12.3. The van der Waals surface area contributed by atoms with E-state index in [1.54, 1.807) is 32.4 Å². The quantitative estimate of drug-likeness (QED) is 0.521. The van der Waals surface area contributed by atoms with Crippen molar-refractivity contribution >= 4 is 17.5 Å². The minimum atomic E-state index is -0.229. The first kappa shape index (κ1) is 22.9. The van der Waals surface area contributed by atoms with Gasteiger partial charge in [0.1, 0.15) is 5.75 Å². The van der Waals surface area contributed by atoms with Crippen molar-refractivity contribution < 1.29 is 23.8 Å². The molecular formula is C22H29N3O5. The largest absolute Gasteiger partial charge is 0.497 e. The van der Waals surface area contributed by atoms with E-state index in [2.05, 4.69) is 16.0 Å². The first-order valence-corrected chi connectivity index (χ1v) is 9.70. The van der Waals surface area contributed by atoms with Crippen LogP contribution in [0.15, 0.2) is 36.4 Å². The van der Waals surface area contributed by atoms with Crippen LogP contribution >= 0.6 is 0 Å². The molecule has 30 heavy (non-hydrogen) atoms. The normalized spacial score (nSPS) is 10.1. The number of carbonyl (C=O) groups is 2. The molecule has 2 aromatic rings. The van der Waals surface area contributed by atoms with Gasteiger partial charge in [0.2, 0.25) is 5.91 Å². The second-order valence-corrected chi connectivity index (χ2v) is 6.41. The van der Waals surface area contributed by atoms with Crippen LogP contribution in [0.3, 0.4) is 0 Å². The molecular weight excluding hydrogens is 386 g/mol. The van der Waals surface area contributed by atoms with Gasteiger partial charge in [-0.05, 0) is 49.2 Å². The summed E-state index contributed by atoms with van der Waals surface area (Å²) >= 11 is 0. The number of benzene rings is 2. The standard InChI is InChI=1S/C22H29N3O5/c1-5-23-22(27)17-13-16(28-2)7-8-18(17)25-14-21(26)24-11-10-15-6-9-19(29-3)20(12-15)30-4/h6-9,12-13,25H,5,10-11,14H2,1-4H3,(H,23,27)(H,24,26). The highest BCUT2D eigenvalue weighted by molar-refractivity contribution is 6.00. The van der Waals surface area contributed by atoms with Gasteiger partial charge in [-0.2, -0.15) is 0 Å². The predicted molar refractivity (Wildman–Crippen MR) is 116 cm³/mol. The number of rotatable bonds is 11. The van der Waals surface area contributed by atoms with Crippen LogP contribution in [-0.4, -0.2) is 52.8 Å². The molecule has 0 aromatic heterocycles. The Balaban J connectivity index is 1.90. The molecule has 3 N–H and O–H groups in total. The Morgan fingerprint density at radius 2 is 1.67 bits per heavy atom. The van der Waals surface area contributed by atoms with Crippen LogP contribution < -0.4 is 30.2 Å². The van der Waals surface area contributed by atoms with Crippen molar-refractivity contribution in [2.24, 2.45) is 0 Å². The number of ether oxygens (including phenoxy) is 3.